The Morgan fingerprint density at radius 2 is 1.84 bits per heavy atom. The van der Waals surface area contributed by atoms with E-state index in [2.05, 4.69) is 14.3 Å². The lowest BCUT2D eigenvalue weighted by Gasteiger charge is -2.37. The molecule has 1 aromatic heterocycles. The number of imidazole rings is 1. The fourth-order valence-corrected chi connectivity index (χ4v) is 5.29. The summed E-state index contributed by atoms with van der Waals surface area (Å²) in [5.41, 5.74) is 0.960. The van der Waals surface area contributed by atoms with Crippen molar-refractivity contribution in [2.45, 2.75) is 82.7 Å². The third-order valence-electron chi connectivity index (χ3n) is 7.16. The normalized spacial score (nSPS) is 15.7. The lowest BCUT2D eigenvalue weighted by Crippen LogP contribution is -2.44. The molecule has 1 aliphatic rings. The van der Waals surface area contributed by atoms with E-state index >= 15 is 0 Å². The van der Waals surface area contributed by atoms with E-state index in [1.54, 1.807) is 18.1 Å². The molecule has 9 nitrogen and oxygen atoms in total. The number of unbranched alkanes of at least 4 members (excludes halogenated alkanes) is 2. The molecule has 1 aromatic carbocycles. The number of aromatic nitrogens is 2. The maximum atomic E-state index is 13.1. The van der Waals surface area contributed by atoms with Crippen molar-refractivity contribution in [1.82, 2.24) is 14.3 Å². The van der Waals surface area contributed by atoms with E-state index in [1.807, 2.05) is 43.5 Å². The van der Waals surface area contributed by atoms with Crippen LogP contribution >= 0.6 is 11.9 Å². The van der Waals surface area contributed by atoms with Crippen LogP contribution < -0.4 is 0 Å². The van der Waals surface area contributed by atoms with Gasteiger partial charge in [-0.05, 0) is 37.5 Å². The van der Waals surface area contributed by atoms with Gasteiger partial charge in [0.25, 0.3) is 0 Å². The molecule has 0 radical (unpaired) electrons. The molecular weight excluding hydrogens is 504 g/mol. The van der Waals surface area contributed by atoms with Crippen molar-refractivity contribution in [2.24, 2.45) is 0 Å². The molecule has 38 heavy (non-hydrogen) atoms. The largest absolute Gasteiger partial charge is 0.412 e. The molecule has 0 saturated carbocycles. The van der Waals surface area contributed by atoms with Gasteiger partial charge in [0.1, 0.15) is 11.6 Å². The smallest absolute Gasteiger partial charge is 0.177 e. The second kappa shape index (κ2) is 16.6. The van der Waals surface area contributed by atoms with Crippen LogP contribution in [0.5, 0.6) is 0 Å². The molecular formula is C28H44N4O5S. The number of rotatable bonds is 15. The molecule has 1 aliphatic heterocycles. The summed E-state index contributed by atoms with van der Waals surface area (Å²) in [6.45, 7) is 3.41. The first-order chi connectivity index (χ1) is 17.3. The van der Waals surface area contributed by atoms with E-state index in [0.717, 1.165) is 55.9 Å². The predicted molar refractivity (Wildman–Crippen MR) is 154 cm³/mol. The van der Waals surface area contributed by atoms with Gasteiger partial charge in [-0.25, -0.2) is 4.98 Å². The summed E-state index contributed by atoms with van der Waals surface area (Å²) < 4.78 is 2.20. The van der Waals surface area contributed by atoms with Crippen LogP contribution in [0.3, 0.4) is 0 Å². The molecule has 3 rings (SSSR count). The SMILES string of the molecule is CCC(=O)CCCCC[C@H](CC(=O)C(=N)CC1(O)CCN(SC)CC1)c1ncc(-c2ccccc2)[nH]1.O.O. The van der Waals surface area contributed by atoms with E-state index in [1.165, 1.54) is 0 Å². The zero-order chi connectivity index (χ0) is 26.0. The Morgan fingerprint density at radius 1 is 1.16 bits per heavy atom. The molecule has 0 unspecified atom stereocenters. The lowest BCUT2D eigenvalue weighted by molar-refractivity contribution is -0.118. The first-order valence-electron chi connectivity index (χ1n) is 13.1. The van der Waals surface area contributed by atoms with Gasteiger partial charge in [0.05, 0.1) is 23.2 Å². The molecule has 7 N–H and O–H groups in total. The average molecular weight is 549 g/mol. The van der Waals surface area contributed by atoms with Gasteiger partial charge in [0.2, 0.25) is 0 Å². The number of piperidine rings is 1. The maximum absolute atomic E-state index is 13.1. The fourth-order valence-electron chi connectivity index (χ4n) is 4.75. The molecule has 2 aromatic rings. The number of hydrogen-bond acceptors (Lipinski definition) is 7. The summed E-state index contributed by atoms with van der Waals surface area (Å²) in [4.78, 5) is 32.7. The molecule has 1 saturated heterocycles. The Hall–Kier alpha value is -2.37. The summed E-state index contributed by atoms with van der Waals surface area (Å²) in [5, 5.41) is 19.4. The van der Waals surface area contributed by atoms with Crippen LogP contribution in [0.15, 0.2) is 36.5 Å². The van der Waals surface area contributed by atoms with Gasteiger partial charge < -0.3 is 26.5 Å². The highest BCUT2D eigenvalue weighted by atomic mass is 32.2. The second-order valence-electron chi connectivity index (χ2n) is 9.86. The zero-order valence-corrected chi connectivity index (χ0v) is 23.4. The van der Waals surface area contributed by atoms with Gasteiger partial charge in [0, 0.05) is 44.7 Å². The summed E-state index contributed by atoms with van der Waals surface area (Å²) in [6.07, 6.45) is 9.88. The summed E-state index contributed by atoms with van der Waals surface area (Å²) in [5.74, 6) is 0.686. The number of aliphatic hydroxyl groups is 1. The van der Waals surface area contributed by atoms with E-state index in [0.29, 0.717) is 25.7 Å². The Kier molecular flexibility index (Phi) is 14.7. The van der Waals surface area contributed by atoms with E-state index in [9.17, 15) is 14.7 Å². The Labute approximate surface area is 230 Å². The second-order valence-corrected chi connectivity index (χ2v) is 10.7. The van der Waals surface area contributed by atoms with Crippen molar-refractivity contribution in [3.8, 4) is 11.3 Å². The molecule has 1 atom stereocenters. The molecule has 10 heteroatoms. The number of Topliss-reactive ketones (excluding diaryl/α,β-unsaturated/α-hetero) is 2. The van der Waals surface area contributed by atoms with Crippen molar-refractivity contribution in [3.05, 3.63) is 42.4 Å². The van der Waals surface area contributed by atoms with Crippen LogP contribution in [0.25, 0.3) is 11.3 Å². The number of aromatic amines is 1. The number of benzene rings is 1. The third kappa shape index (κ3) is 10.1. The summed E-state index contributed by atoms with van der Waals surface area (Å²) in [7, 11) is 0. The fraction of sp³-hybridized carbons (Fsp3) is 0.571. The van der Waals surface area contributed by atoms with Crippen molar-refractivity contribution in [1.29, 1.82) is 5.41 Å². The van der Waals surface area contributed by atoms with E-state index in [4.69, 9.17) is 5.41 Å². The number of H-pyrrole nitrogens is 1. The van der Waals surface area contributed by atoms with Gasteiger partial charge in [-0.3, -0.25) is 13.9 Å². The molecule has 0 aliphatic carbocycles. The monoisotopic (exact) mass is 548 g/mol. The quantitative estimate of drug-likeness (QED) is 0.173. The number of nitrogens with zero attached hydrogens (tertiary/aromatic N) is 2. The first kappa shape index (κ1) is 33.7. The highest BCUT2D eigenvalue weighted by Gasteiger charge is 2.35. The highest BCUT2D eigenvalue weighted by molar-refractivity contribution is 7.96. The highest BCUT2D eigenvalue weighted by Crippen LogP contribution is 2.31. The van der Waals surface area contributed by atoms with Crippen molar-refractivity contribution in [2.75, 3.05) is 19.3 Å². The topological polar surface area (TPSA) is 173 Å². The maximum Gasteiger partial charge on any atom is 0.177 e. The van der Waals surface area contributed by atoms with Gasteiger partial charge in [-0.1, -0.05) is 62.0 Å². The minimum atomic E-state index is -0.981. The predicted octanol–water partition coefficient (Wildman–Crippen LogP) is 3.91. The number of carbonyl (C=O) groups excluding carboxylic acids is 2. The minimum Gasteiger partial charge on any atom is -0.412 e. The van der Waals surface area contributed by atoms with Gasteiger partial charge in [0.15, 0.2) is 5.78 Å². The first-order valence-corrected chi connectivity index (χ1v) is 14.3. The molecule has 1 fully saturated rings. The Balaban J connectivity index is 0.00000361. The van der Waals surface area contributed by atoms with Crippen LogP contribution in [0.1, 0.15) is 82.9 Å². The average Bonchev–Trinajstić information content (AvgIpc) is 3.38. The third-order valence-corrected chi connectivity index (χ3v) is 8.04. The summed E-state index contributed by atoms with van der Waals surface area (Å²) >= 11 is 1.66. The Bertz CT molecular complexity index is 1010. The van der Waals surface area contributed by atoms with Crippen molar-refractivity contribution >= 4 is 29.2 Å². The number of hydrogen-bond donors (Lipinski definition) is 3. The van der Waals surface area contributed by atoms with Gasteiger partial charge in [-0.15, -0.1) is 0 Å². The van der Waals surface area contributed by atoms with Crippen LogP contribution in [-0.4, -0.2) is 72.6 Å². The van der Waals surface area contributed by atoms with Crippen LogP contribution in [0.2, 0.25) is 0 Å². The zero-order valence-electron chi connectivity index (χ0n) is 22.6. The summed E-state index contributed by atoms with van der Waals surface area (Å²) in [6, 6.07) is 9.95. The van der Waals surface area contributed by atoms with E-state index in [-0.39, 0.29) is 47.0 Å². The molecule has 0 bridgehead atoms. The number of ketones is 2. The molecule has 2 heterocycles. The van der Waals surface area contributed by atoms with Crippen molar-refractivity contribution < 1.29 is 25.6 Å². The number of carbonyl (C=O) groups is 2. The van der Waals surface area contributed by atoms with Crippen LogP contribution in [-0.2, 0) is 9.59 Å². The molecule has 0 spiro atoms. The van der Waals surface area contributed by atoms with Crippen molar-refractivity contribution in [3.63, 3.8) is 0 Å². The standard InChI is InChI=1S/C28H40N4O3S.2H2O/c1-3-23(33)13-9-5-8-12-22(27-30-20-25(31-27)21-10-6-4-7-11-21)18-26(34)24(29)19-28(35)14-16-32(36-2)17-15-28;;/h4,6-7,10-11,20,22,29,35H,3,5,8-9,12-19H2,1-2H3,(H,30,31);2*1H2/t22-;;/m1../s1. The van der Waals surface area contributed by atoms with Crippen LogP contribution in [0, 0.1) is 5.41 Å². The van der Waals surface area contributed by atoms with Gasteiger partial charge in [-0.2, -0.15) is 0 Å². The van der Waals surface area contributed by atoms with E-state index < -0.39 is 5.60 Å². The molecule has 0 amide bonds. The van der Waals surface area contributed by atoms with Gasteiger partial charge >= 0.3 is 0 Å². The number of nitrogens with one attached hydrogen (secondary N) is 2. The minimum absolute atomic E-state index is 0. The Morgan fingerprint density at radius 3 is 2.47 bits per heavy atom. The molecule has 212 valence electrons. The van der Waals surface area contributed by atoms with Crippen LogP contribution in [0.4, 0.5) is 0 Å². The lowest BCUT2D eigenvalue weighted by atomic mass is 9.84.